The summed E-state index contributed by atoms with van der Waals surface area (Å²) in [5.41, 5.74) is 1.67. The van der Waals surface area contributed by atoms with Gasteiger partial charge < -0.3 is 15.0 Å². The van der Waals surface area contributed by atoms with Gasteiger partial charge in [0.25, 0.3) is 10.0 Å². The van der Waals surface area contributed by atoms with Crippen LogP contribution in [-0.2, 0) is 32.6 Å². The van der Waals surface area contributed by atoms with Gasteiger partial charge in [0.15, 0.2) is 0 Å². The average Bonchev–Trinajstić information content (AvgIpc) is 3.06. The molecule has 11 heteroatoms. The van der Waals surface area contributed by atoms with Crippen LogP contribution in [0.4, 0.5) is 5.69 Å². The molecule has 0 aliphatic heterocycles. The summed E-state index contributed by atoms with van der Waals surface area (Å²) < 4.78 is 35.7. The van der Waals surface area contributed by atoms with Gasteiger partial charge in [0, 0.05) is 28.9 Å². The number of halogens is 1. The standard InChI is InChI=1S/C36H40ClN3O5S2/c1-5-45-34-18-12-11-17-32(34)40(47(43,44)30-21-19-29(46-4)20-22-30)25-35(41)39(24-28-15-9-10-16-31(28)37)33(36(42)38-26(2)3)23-27-13-7-6-8-14-27/h6-22,26,33H,5,23-25H2,1-4H3,(H,38,42)/t33-/m0/s1. The quantitative estimate of drug-likeness (QED) is 0.137. The van der Waals surface area contributed by atoms with E-state index in [4.69, 9.17) is 16.3 Å². The molecule has 0 saturated heterocycles. The Morgan fingerprint density at radius 1 is 0.894 bits per heavy atom. The Morgan fingerprint density at radius 3 is 2.17 bits per heavy atom. The highest BCUT2D eigenvalue weighted by Gasteiger charge is 2.36. The van der Waals surface area contributed by atoms with Crippen LogP contribution in [0.15, 0.2) is 113 Å². The lowest BCUT2D eigenvalue weighted by Gasteiger charge is -2.34. The first-order valence-corrected chi connectivity index (χ1v) is 18.3. The van der Waals surface area contributed by atoms with Gasteiger partial charge in [0.1, 0.15) is 18.3 Å². The van der Waals surface area contributed by atoms with Crippen molar-refractivity contribution < 1.29 is 22.7 Å². The number of sulfonamides is 1. The molecule has 1 atom stereocenters. The lowest BCUT2D eigenvalue weighted by molar-refractivity contribution is -0.140. The molecule has 0 radical (unpaired) electrons. The van der Waals surface area contributed by atoms with Gasteiger partial charge in [-0.2, -0.15) is 0 Å². The van der Waals surface area contributed by atoms with Crippen LogP contribution >= 0.6 is 23.4 Å². The zero-order valence-electron chi connectivity index (χ0n) is 26.9. The number of anilines is 1. The molecule has 0 aromatic heterocycles. The first-order chi connectivity index (χ1) is 22.5. The number of ether oxygens (including phenoxy) is 1. The molecule has 47 heavy (non-hydrogen) atoms. The Bertz CT molecular complexity index is 1750. The molecule has 2 amide bonds. The largest absolute Gasteiger partial charge is 0.492 e. The maximum Gasteiger partial charge on any atom is 0.264 e. The van der Waals surface area contributed by atoms with E-state index in [1.165, 1.54) is 28.8 Å². The summed E-state index contributed by atoms with van der Waals surface area (Å²) in [6.45, 7) is 5.16. The van der Waals surface area contributed by atoms with Gasteiger partial charge in [-0.1, -0.05) is 72.3 Å². The highest BCUT2D eigenvalue weighted by Crippen LogP contribution is 2.33. The zero-order chi connectivity index (χ0) is 34.0. The number of benzene rings is 4. The number of amides is 2. The van der Waals surface area contributed by atoms with E-state index < -0.39 is 28.5 Å². The zero-order valence-corrected chi connectivity index (χ0v) is 29.3. The SMILES string of the molecule is CCOc1ccccc1N(CC(=O)N(Cc1ccccc1Cl)[C@@H](Cc1ccccc1)C(=O)NC(C)C)S(=O)(=O)c1ccc(SC)cc1. The van der Waals surface area contributed by atoms with Crippen LogP contribution in [0.5, 0.6) is 5.75 Å². The predicted molar refractivity (Wildman–Crippen MR) is 190 cm³/mol. The molecule has 0 unspecified atom stereocenters. The average molecular weight is 694 g/mol. The van der Waals surface area contributed by atoms with Gasteiger partial charge in [-0.25, -0.2) is 8.42 Å². The molecule has 4 rings (SSSR count). The van der Waals surface area contributed by atoms with Crippen molar-refractivity contribution >= 4 is 50.9 Å². The highest BCUT2D eigenvalue weighted by molar-refractivity contribution is 7.98. The molecule has 4 aromatic rings. The highest BCUT2D eigenvalue weighted by atomic mass is 35.5. The second-order valence-electron chi connectivity index (χ2n) is 11.1. The van der Waals surface area contributed by atoms with E-state index >= 15 is 0 Å². The second kappa shape index (κ2) is 16.7. The number of carbonyl (C=O) groups excluding carboxylic acids is 2. The van der Waals surface area contributed by atoms with Gasteiger partial charge in [0.05, 0.1) is 17.2 Å². The lowest BCUT2D eigenvalue weighted by Crippen LogP contribution is -2.54. The number of para-hydroxylation sites is 2. The van der Waals surface area contributed by atoms with Gasteiger partial charge in [0.2, 0.25) is 11.8 Å². The summed E-state index contributed by atoms with van der Waals surface area (Å²) in [6.07, 6.45) is 2.11. The minimum absolute atomic E-state index is 0.0189. The minimum Gasteiger partial charge on any atom is -0.492 e. The van der Waals surface area contributed by atoms with Gasteiger partial charge in [-0.3, -0.25) is 13.9 Å². The molecule has 0 saturated carbocycles. The predicted octanol–water partition coefficient (Wildman–Crippen LogP) is 6.82. The Balaban J connectivity index is 1.85. The normalized spacial score (nSPS) is 12.0. The molecule has 248 valence electrons. The Labute approximate surface area is 287 Å². The summed E-state index contributed by atoms with van der Waals surface area (Å²) in [7, 11) is -4.28. The van der Waals surface area contributed by atoms with Crippen molar-refractivity contribution in [1.82, 2.24) is 10.2 Å². The molecular weight excluding hydrogens is 654 g/mol. The van der Waals surface area contributed by atoms with Crippen molar-refractivity contribution in [2.75, 3.05) is 23.7 Å². The number of thioether (sulfide) groups is 1. The van der Waals surface area contributed by atoms with E-state index in [1.807, 2.05) is 50.4 Å². The van der Waals surface area contributed by atoms with Crippen LogP contribution in [0.3, 0.4) is 0 Å². The third-order valence-electron chi connectivity index (χ3n) is 7.36. The molecule has 4 aromatic carbocycles. The van der Waals surface area contributed by atoms with E-state index in [1.54, 1.807) is 67.6 Å². The maximum atomic E-state index is 14.7. The van der Waals surface area contributed by atoms with E-state index in [9.17, 15) is 18.0 Å². The smallest absolute Gasteiger partial charge is 0.264 e. The first kappa shape index (κ1) is 35.9. The van der Waals surface area contributed by atoms with Crippen LogP contribution in [-0.4, -0.2) is 56.6 Å². The third kappa shape index (κ3) is 9.31. The number of nitrogens with zero attached hydrogens (tertiary/aromatic N) is 2. The minimum atomic E-state index is -4.28. The topological polar surface area (TPSA) is 96.0 Å². The van der Waals surface area contributed by atoms with E-state index in [0.717, 1.165) is 14.8 Å². The van der Waals surface area contributed by atoms with Gasteiger partial charge >= 0.3 is 0 Å². The molecular formula is C36H40ClN3O5S2. The van der Waals surface area contributed by atoms with E-state index in [0.29, 0.717) is 16.3 Å². The fraction of sp³-hybridized carbons (Fsp3) is 0.278. The monoisotopic (exact) mass is 693 g/mol. The third-order valence-corrected chi connectivity index (χ3v) is 10.2. The summed E-state index contributed by atoms with van der Waals surface area (Å²) >= 11 is 8.06. The Hall–Kier alpha value is -3.99. The number of hydrogen-bond acceptors (Lipinski definition) is 6. The van der Waals surface area contributed by atoms with Crippen LogP contribution in [0.2, 0.25) is 5.02 Å². The summed E-state index contributed by atoms with van der Waals surface area (Å²) in [5, 5.41) is 3.38. The van der Waals surface area contributed by atoms with E-state index in [-0.39, 0.29) is 42.1 Å². The van der Waals surface area contributed by atoms with E-state index in [2.05, 4.69) is 5.32 Å². The summed E-state index contributed by atoms with van der Waals surface area (Å²) in [6, 6.07) is 28.5. The van der Waals surface area contributed by atoms with Crippen LogP contribution in [0.25, 0.3) is 0 Å². The Morgan fingerprint density at radius 2 is 1.53 bits per heavy atom. The molecule has 0 aliphatic carbocycles. The van der Waals surface area contributed by atoms with Crippen LogP contribution < -0.4 is 14.4 Å². The van der Waals surface area contributed by atoms with Crippen molar-refractivity contribution in [3.63, 3.8) is 0 Å². The summed E-state index contributed by atoms with van der Waals surface area (Å²) in [5.74, 6) is -0.635. The first-order valence-electron chi connectivity index (χ1n) is 15.3. The maximum absolute atomic E-state index is 14.7. The molecule has 1 N–H and O–H groups in total. The Kier molecular flexibility index (Phi) is 12.8. The summed E-state index contributed by atoms with van der Waals surface area (Å²) in [4.78, 5) is 30.9. The lowest BCUT2D eigenvalue weighted by atomic mass is 10.0. The van der Waals surface area contributed by atoms with Gasteiger partial charge in [-0.15, -0.1) is 11.8 Å². The molecule has 0 heterocycles. The molecule has 0 spiro atoms. The second-order valence-corrected chi connectivity index (χ2v) is 14.2. The molecule has 8 nitrogen and oxygen atoms in total. The van der Waals surface area contributed by atoms with Crippen molar-refractivity contribution in [3.05, 3.63) is 119 Å². The number of hydrogen-bond donors (Lipinski definition) is 1. The fourth-order valence-electron chi connectivity index (χ4n) is 5.07. The van der Waals surface area contributed by atoms with Crippen molar-refractivity contribution in [1.29, 1.82) is 0 Å². The van der Waals surface area contributed by atoms with Crippen molar-refractivity contribution in [2.24, 2.45) is 0 Å². The fourth-order valence-corrected chi connectivity index (χ4v) is 7.10. The van der Waals surface area contributed by atoms with Crippen molar-refractivity contribution in [3.8, 4) is 5.75 Å². The molecule has 0 aliphatic rings. The van der Waals surface area contributed by atoms with Gasteiger partial charge in [-0.05, 0) is 80.6 Å². The molecule has 0 fully saturated rings. The number of rotatable bonds is 15. The van der Waals surface area contributed by atoms with Crippen LogP contribution in [0.1, 0.15) is 31.9 Å². The number of carbonyl (C=O) groups is 2. The molecule has 0 bridgehead atoms. The number of nitrogens with one attached hydrogen (secondary N) is 1. The van der Waals surface area contributed by atoms with Crippen molar-refractivity contribution in [2.45, 2.75) is 55.6 Å². The van der Waals surface area contributed by atoms with Crippen LogP contribution in [0, 0.1) is 0 Å².